The number of hydrogen-bond acceptors (Lipinski definition) is 6. The number of thioether (sulfide) groups is 1. The number of esters is 1. The number of rotatable bonds is 5. The molecule has 0 bridgehead atoms. The summed E-state index contributed by atoms with van der Waals surface area (Å²) in [5.41, 5.74) is 1.40. The van der Waals surface area contributed by atoms with E-state index in [0.717, 1.165) is 35.0 Å². The standard InChI is InChI=1S/C17H22N2O2S2/c1-4-7-21-17(20)11(3)22-15-14-12-6-5-10(2)8-13(12)23-16(14)19-9-18-15/h9-11H,4-8H2,1-3H3/t10-,11+/m0/s1. The fourth-order valence-corrected chi connectivity index (χ4v) is 5.23. The zero-order valence-corrected chi connectivity index (χ0v) is 15.4. The predicted molar refractivity (Wildman–Crippen MR) is 95.2 cm³/mol. The Kier molecular flexibility index (Phi) is 5.21. The second-order valence-corrected chi connectivity index (χ2v) is 8.55. The fraction of sp³-hybridized carbons (Fsp3) is 0.588. The van der Waals surface area contributed by atoms with Crippen molar-refractivity contribution in [3.8, 4) is 0 Å². The van der Waals surface area contributed by atoms with Crippen molar-refractivity contribution >= 4 is 39.3 Å². The lowest BCUT2D eigenvalue weighted by molar-refractivity contribution is -0.142. The van der Waals surface area contributed by atoms with Crippen molar-refractivity contribution in [2.75, 3.05) is 6.61 Å². The summed E-state index contributed by atoms with van der Waals surface area (Å²) in [6, 6.07) is 0. The molecule has 2 heterocycles. The molecule has 0 fully saturated rings. The first-order chi connectivity index (χ1) is 11.1. The number of fused-ring (bicyclic) bond motifs is 3. The van der Waals surface area contributed by atoms with Gasteiger partial charge in [-0.15, -0.1) is 11.3 Å². The number of ether oxygens (including phenoxy) is 1. The molecule has 0 unspecified atom stereocenters. The molecule has 2 atom stereocenters. The van der Waals surface area contributed by atoms with Gasteiger partial charge in [-0.3, -0.25) is 4.79 Å². The third-order valence-electron chi connectivity index (χ3n) is 4.13. The Morgan fingerprint density at radius 2 is 2.35 bits per heavy atom. The number of nitrogens with zero attached hydrogens (tertiary/aromatic N) is 2. The fourth-order valence-electron chi connectivity index (χ4n) is 2.87. The van der Waals surface area contributed by atoms with E-state index >= 15 is 0 Å². The van der Waals surface area contributed by atoms with Crippen LogP contribution in [0.25, 0.3) is 10.2 Å². The first-order valence-corrected chi connectivity index (χ1v) is 9.88. The van der Waals surface area contributed by atoms with Crippen LogP contribution >= 0.6 is 23.1 Å². The lowest BCUT2D eigenvalue weighted by atomic mass is 9.89. The number of hydrogen-bond donors (Lipinski definition) is 0. The number of thiophene rings is 1. The van der Waals surface area contributed by atoms with Gasteiger partial charge in [0.15, 0.2) is 0 Å². The van der Waals surface area contributed by atoms with Crippen LogP contribution < -0.4 is 0 Å². The summed E-state index contributed by atoms with van der Waals surface area (Å²) in [7, 11) is 0. The van der Waals surface area contributed by atoms with Crippen LogP contribution in [0.4, 0.5) is 0 Å². The quantitative estimate of drug-likeness (QED) is 0.458. The smallest absolute Gasteiger partial charge is 0.319 e. The Hall–Kier alpha value is -1.14. The number of carbonyl (C=O) groups is 1. The molecule has 0 N–H and O–H groups in total. The molecule has 0 aromatic carbocycles. The molecule has 0 amide bonds. The molecule has 0 aliphatic heterocycles. The van der Waals surface area contributed by atoms with E-state index in [-0.39, 0.29) is 11.2 Å². The van der Waals surface area contributed by atoms with Gasteiger partial charge in [0.25, 0.3) is 0 Å². The van der Waals surface area contributed by atoms with Crippen molar-refractivity contribution in [3.05, 3.63) is 16.8 Å². The minimum Gasteiger partial charge on any atom is -0.465 e. The maximum absolute atomic E-state index is 12.0. The predicted octanol–water partition coefficient (Wildman–Crippen LogP) is 4.25. The first-order valence-electron chi connectivity index (χ1n) is 8.18. The van der Waals surface area contributed by atoms with Gasteiger partial charge in [0.2, 0.25) is 0 Å². The van der Waals surface area contributed by atoms with Crippen molar-refractivity contribution in [1.82, 2.24) is 9.97 Å². The van der Waals surface area contributed by atoms with E-state index < -0.39 is 0 Å². The summed E-state index contributed by atoms with van der Waals surface area (Å²) in [5.74, 6) is 0.573. The van der Waals surface area contributed by atoms with E-state index in [4.69, 9.17) is 4.74 Å². The number of aromatic nitrogens is 2. The SMILES string of the molecule is CCCOC(=O)[C@@H](C)Sc1ncnc2sc3c(c12)CC[C@H](C)C3. The monoisotopic (exact) mass is 350 g/mol. The van der Waals surface area contributed by atoms with Gasteiger partial charge in [-0.25, -0.2) is 9.97 Å². The van der Waals surface area contributed by atoms with Gasteiger partial charge in [-0.1, -0.05) is 25.6 Å². The molecule has 2 aromatic heterocycles. The highest BCUT2D eigenvalue weighted by Gasteiger charge is 2.25. The highest BCUT2D eigenvalue weighted by atomic mass is 32.2. The summed E-state index contributed by atoms with van der Waals surface area (Å²) >= 11 is 3.28. The highest BCUT2D eigenvalue weighted by Crippen LogP contribution is 2.41. The van der Waals surface area contributed by atoms with Crippen molar-refractivity contribution in [1.29, 1.82) is 0 Å². The minimum absolute atomic E-state index is 0.165. The van der Waals surface area contributed by atoms with Crippen LogP contribution in [0.3, 0.4) is 0 Å². The van der Waals surface area contributed by atoms with Gasteiger partial charge < -0.3 is 4.74 Å². The van der Waals surface area contributed by atoms with E-state index in [1.807, 2.05) is 13.8 Å². The zero-order valence-electron chi connectivity index (χ0n) is 13.8. The van der Waals surface area contributed by atoms with Crippen LogP contribution in [0.15, 0.2) is 11.4 Å². The van der Waals surface area contributed by atoms with E-state index in [2.05, 4.69) is 16.9 Å². The molecule has 0 saturated heterocycles. The molecule has 23 heavy (non-hydrogen) atoms. The molecular weight excluding hydrogens is 328 g/mol. The van der Waals surface area contributed by atoms with Crippen LogP contribution in [0.2, 0.25) is 0 Å². The average Bonchev–Trinajstić information content (AvgIpc) is 2.90. The van der Waals surface area contributed by atoms with E-state index in [1.165, 1.54) is 34.0 Å². The van der Waals surface area contributed by atoms with Crippen LogP contribution in [-0.2, 0) is 22.4 Å². The van der Waals surface area contributed by atoms with Crippen molar-refractivity contribution < 1.29 is 9.53 Å². The van der Waals surface area contributed by atoms with Crippen molar-refractivity contribution in [2.45, 2.75) is 56.7 Å². The molecular formula is C17H22N2O2S2. The Morgan fingerprint density at radius 1 is 1.52 bits per heavy atom. The van der Waals surface area contributed by atoms with Gasteiger partial charge in [0.05, 0.1) is 6.61 Å². The topological polar surface area (TPSA) is 52.1 Å². The normalized spacial score (nSPS) is 18.7. The molecule has 1 aliphatic carbocycles. The van der Waals surface area contributed by atoms with Crippen LogP contribution in [0, 0.1) is 5.92 Å². The first kappa shape index (κ1) is 16.7. The van der Waals surface area contributed by atoms with Gasteiger partial charge in [-0.2, -0.15) is 0 Å². The molecule has 0 radical (unpaired) electrons. The molecule has 6 heteroatoms. The van der Waals surface area contributed by atoms with Gasteiger partial charge >= 0.3 is 5.97 Å². The molecule has 4 nitrogen and oxygen atoms in total. The van der Waals surface area contributed by atoms with Crippen LogP contribution in [0.1, 0.15) is 44.1 Å². The molecule has 0 saturated carbocycles. The number of aryl methyl sites for hydroxylation is 1. The van der Waals surface area contributed by atoms with Crippen LogP contribution in [0.5, 0.6) is 0 Å². The summed E-state index contributed by atoms with van der Waals surface area (Å²) in [6.45, 7) is 6.67. The second-order valence-electron chi connectivity index (χ2n) is 6.14. The largest absolute Gasteiger partial charge is 0.465 e. The second kappa shape index (κ2) is 7.18. The Balaban J connectivity index is 1.88. The van der Waals surface area contributed by atoms with Crippen LogP contribution in [-0.4, -0.2) is 27.8 Å². The zero-order chi connectivity index (χ0) is 16.4. The van der Waals surface area contributed by atoms with E-state index in [0.29, 0.717) is 6.61 Å². The molecule has 0 spiro atoms. The maximum atomic E-state index is 12.0. The Morgan fingerprint density at radius 3 is 3.13 bits per heavy atom. The molecule has 124 valence electrons. The van der Waals surface area contributed by atoms with Gasteiger partial charge in [0, 0.05) is 10.3 Å². The highest BCUT2D eigenvalue weighted by molar-refractivity contribution is 8.00. The Labute approximate surface area is 145 Å². The molecule has 3 rings (SSSR count). The lowest BCUT2D eigenvalue weighted by Crippen LogP contribution is -2.17. The average molecular weight is 351 g/mol. The van der Waals surface area contributed by atoms with E-state index in [9.17, 15) is 4.79 Å². The molecule has 1 aliphatic rings. The third kappa shape index (κ3) is 3.53. The van der Waals surface area contributed by atoms with Crippen molar-refractivity contribution in [2.24, 2.45) is 5.92 Å². The van der Waals surface area contributed by atoms with Gasteiger partial charge in [0.1, 0.15) is 21.4 Å². The van der Waals surface area contributed by atoms with Gasteiger partial charge in [-0.05, 0) is 44.1 Å². The summed E-state index contributed by atoms with van der Waals surface area (Å²) < 4.78 is 5.24. The van der Waals surface area contributed by atoms with E-state index in [1.54, 1.807) is 17.7 Å². The maximum Gasteiger partial charge on any atom is 0.319 e. The lowest BCUT2D eigenvalue weighted by Gasteiger charge is -2.18. The summed E-state index contributed by atoms with van der Waals surface area (Å²) in [4.78, 5) is 23.4. The summed E-state index contributed by atoms with van der Waals surface area (Å²) in [5, 5.41) is 1.83. The Bertz CT molecular complexity index is 714. The molecule has 2 aromatic rings. The number of carbonyl (C=O) groups excluding carboxylic acids is 1. The third-order valence-corrected chi connectivity index (χ3v) is 6.37. The van der Waals surface area contributed by atoms with Crippen molar-refractivity contribution in [3.63, 3.8) is 0 Å². The minimum atomic E-state index is -0.252. The summed E-state index contributed by atoms with van der Waals surface area (Å²) in [6.07, 6.45) is 5.89.